The van der Waals surface area contributed by atoms with Crippen LogP contribution in [0.1, 0.15) is 47.2 Å². The molecule has 2 N–H and O–H groups in total. The molecule has 2 aromatic carbocycles. The van der Waals surface area contributed by atoms with Crippen molar-refractivity contribution in [3.8, 4) is 5.75 Å². The smallest absolute Gasteiger partial charge is 0.324 e. The second-order valence-electron chi connectivity index (χ2n) is 8.34. The maximum absolute atomic E-state index is 13.0. The fourth-order valence-electron chi connectivity index (χ4n) is 3.91. The number of nitrogens with one attached hydrogen (secondary N) is 2. The molecule has 8 nitrogen and oxygen atoms in total. The molecule has 178 valence electrons. The lowest BCUT2D eigenvalue weighted by Crippen LogP contribution is -2.42. The SMILES string of the molecule is Cc1cc(C)c(C)c(S(=O)(=O)N[C@@H](C)C(=O)OCC(=O)NC2CCOc3ccccc32)c1C. The number of ether oxygens (including phenoxy) is 2. The van der Waals surface area contributed by atoms with E-state index in [4.69, 9.17) is 9.47 Å². The summed E-state index contributed by atoms with van der Waals surface area (Å²) < 4.78 is 39.0. The summed E-state index contributed by atoms with van der Waals surface area (Å²) in [5.41, 5.74) is 3.81. The quantitative estimate of drug-likeness (QED) is 0.597. The van der Waals surface area contributed by atoms with Crippen LogP contribution in [0.4, 0.5) is 0 Å². The van der Waals surface area contributed by atoms with Crippen LogP contribution < -0.4 is 14.8 Å². The molecule has 0 aromatic heterocycles. The molecule has 2 atom stereocenters. The van der Waals surface area contributed by atoms with E-state index in [1.165, 1.54) is 6.92 Å². The van der Waals surface area contributed by atoms with Gasteiger partial charge in [0, 0.05) is 12.0 Å². The molecule has 0 fully saturated rings. The number of benzene rings is 2. The number of rotatable bonds is 7. The molecule has 1 amide bonds. The molecule has 0 bridgehead atoms. The molecule has 0 radical (unpaired) electrons. The van der Waals surface area contributed by atoms with E-state index < -0.39 is 34.5 Å². The van der Waals surface area contributed by atoms with Crippen molar-refractivity contribution in [3.63, 3.8) is 0 Å². The van der Waals surface area contributed by atoms with Crippen molar-refractivity contribution >= 4 is 21.9 Å². The van der Waals surface area contributed by atoms with E-state index in [-0.39, 0.29) is 10.9 Å². The molecule has 33 heavy (non-hydrogen) atoms. The third-order valence-electron chi connectivity index (χ3n) is 5.89. The van der Waals surface area contributed by atoms with Crippen molar-refractivity contribution in [2.24, 2.45) is 0 Å². The van der Waals surface area contributed by atoms with Crippen molar-refractivity contribution in [1.29, 1.82) is 0 Å². The van der Waals surface area contributed by atoms with Crippen molar-refractivity contribution in [1.82, 2.24) is 10.0 Å². The van der Waals surface area contributed by atoms with Gasteiger partial charge in [-0.3, -0.25) is 9.59 Å². The molecule has 0 saturated heterocycles. The molecule has 1 aliphatic rings. The Morgan fingerprint density at radius 3 is 2.42 bits per heavy atom. The minimum atomic E-state index is -3.97. The first-order valence-corrected chi connectivity index (χ1v) is 12.3. The normalized spacial score (nSPS) is 16.3. The molecular formula is C24H30N2O6S. The lowest BCUT2D eigenvalue weighted by Gasteiger charge is -2.26. The number of para-hydroxylation sites is 1. The van der Waals surface area contributed by atoms with E-state index in [2.05, 4.69) is 10.0 Å². The zero-order chi connectivity index (χ0) is 24.3. The minimum Gasteiger partial charge on any atom is -0.493 e. The van der Waals surface area contributed by atoms with Crippen molar-refractivity contribution < 1.29 is 27.5 Å². The Hall–Kier alpha value is -2.91. The zero-order valence-corrected chi connectivity index (χ0v) is 20.3. The lowest BCUT2D eigenvalue weighted by atomic mass is 10.0. The van der Waals surface area contributed by atoms with Gasteiger partial charge in [0.2, 0.25) is 10.0 Å². The molecular weight excluding hydrogens is 444 g/mol. The summed E-state index contributed by atoms with van der Waals surface area (Å²) in [6, 6.07) is 7.95. The van der Waals surface area contributed by atoms with E-state index in [0.29, 0.717) is 29.9 Å². The van der Waals surface area contributed by atoms with E-state index in [9.17, 15) is 18.0 Å². The molecule has 2 aromatic rings. The van der Waals surface area contributed by atoms with Crippen LogP contribution in [0.5, 0.6) is 5.75 Å². The Bertz CT molecular complexity index is 1150. The first-order valence-electron chi connectivity index (χ1n) is 10.8. The fourth-order valence-corrected chi connectivity index (χ4v) is 5.72. The highest BCUT2D eigenvalue weighted by Gasteiger charge is 2.28. The van der Waals surface area contributed by atoms with E-state index >= 15 is 0 Å². The van der Waals surface area contributed by atoms with Gasteiger partial charge < -0.3 is 14.8 Å². The number of carbonyl (C=O) groups excluding carboxylic acids is 2. The van der Waals surface area contributed by atoms with Crippen LogP contribution in [0.3, 0.4) is 0 Å². The fraction of sp³-hybridized carbons (Fsp3) is 0.417. The number of carbonyl (C=O) groups is 2. The molecule has 0 aliphatic carbocycles. The van der Waals surface area contributed by atoms with Crippen LogP contribution >= 0.6 is 0 Å². The molecule has 9 heteroatoms. The first-order chi connectivity index (χ1) is 15.5. The Morgan fingerprint density at radius 1 is 1.12 bits per heavy atom. The Kier molecular flexibility index (Phi) is 7.44. The van der Waals surface area contributed by atoms with Crippen LogP contribution in [-0.2, 0) is 24.3 Å². The van der Waals surface area contributed by atoms with Crippen molar-refractivity contribution in [2.45, 2.75) is 58.0 Å². The van der Waals surface area contributed by atoms with Crippen LogP contribution in [0.15, 0.2) is 35.2 Å². The first kappa shape index (κ1) is 24.7. The predicted molar refractivity (Wildman–Crippen MR) is 124 cm³/mol. The Morgan fingerprint density at radius 2 is 1.76 bits per heavy atom. The highest BCUT2D eigenvalue weighted by atomic mass is 32.2. The summed E-state index contributed by atoms with van der Waals surface area (Å²) in [7, 11) is -3.97. The summed E-state index contributed by atoms with van der Waals surface area (Å²) in [4.78, 5) is 24.9. The van der Waals surface area contributed by atoms with Gasteiger partial charge in [0.15, 0.2) is 6.61 Å². The van der Waals surface area contributed by atoms with Gasteiger partial charge in [-0.15, -0.1) is 0 Å². The Labute approximate surface area is 194 Å². The standard InChI is InChI=1S/C24H30N2O6S/c1-14-12-15(2)17(4)23(16(14)3)33(29,30)26-18(5)24(28)32-13-22(27)25-20-10-11-31-21-9-7-6-8-19(20)21/h6-9,12,18,20,26H,10-11,13H2,1-5H3,(H,25,27)/t18-,20?/m0/s1. The monoisotopic (exact) mass is 474 g/mol. The van der Waals surface area contributed by atoms with Crippen LogP contribution in [0, 0.1) is 27.7 Å². The number of esters is 1. The number of fused-ring (bicyclic) bond motifs is 1. The molecule has 0 spiro atoms. The highest BCUT2D eigenvalue weighted by Crippen LogP contribution is 2.31. The molecule has 0 saturated carbocycles. The van der Waals surface area contributed by atoms with Crippen LogP contribution in [0.2, 0.25) is 0 Å². The lowest BCUT2D eigenvalue weighted by molar-refractivity contribution is -0.150. The van der Waals surface area contributed by atoms with Gasteiger partial charge in [0.1, 0.15) is 11.8 Å². The predicted octanol–water partition coefficient (Wildman–Crippen LogP) is 2.77. The second-order valence-corrected chi connectivity index (χ2v) is 9.99. The number of amides is 1. The van der Waals surface area contributed by atoms with Gasteiger partial charge in [0.05, 0.1) is 17.5 Å². The summed E-state index contributed by atoms with van der Waals surface area (Å²) >= 11 is 0. The van der Waals surface area contributed by atoms with Gasteiger partial charge in [-0.2, -0.15) is 4.72 Å². The van der Waals surface area contributed by atoms with Crippen LogP contribution in [-0.4, -0.2) is 39.5 Å². The number of sulfonamides is 1. The van der Waals surface area contributed by atoms with Gasteiger partial charge in [-0.1, -0.05) is 24.3 Å². The summed E-state index contributed by atoms with van der Waals surface area (Å²) in [6.07, 6.45) is 0.599. The van der Waals surface area contributed by atoms with Crippen LogP contribution in [0.25, 0.3) is 0 Å². The number of aryl methyl sites for hydroxylation is 2. The van der Waals surface area contributed by atoms with Crippen molar-refractivity contribution in [2.75, 3.05) is 13.2 Å². The van der Waals surface area contributed by atoms with Crippen molar-refractivity contribution in [3.05, 3.63) is 58.1 Å². The maximum Gasteiger partial charge on any atom is 0.324 e. The molecule has 1 heterocycles. The Balaban J connectivity index is 1.60. The highest BCUT2D eigenvalue weighted by molar-refractivity contribution is 7.89. The average molecular weight is 475 g/mol. The molecule has 3 rings (SSSR count). The second kappa shape index (κ2) is 9.93. The van der Waals surface area contributed by atoms with E-state index in [0.717, 1.165) is 16.7 Å². The molecule has 1 unspecified atom stereocenters. The summed E-state index contributed by atoms with van der Waals surface area (Å²) in [6.45, 7) is 8.50. The summed E-state index contributed by atoms with van der Waals surface area (Å²) in [5.74, 6) is -0.590. The molecule has 1 aliphatic heterocycles. The summed E-state index contributed by atoms with van der Waals surface area (Å²) in [5, 5.41) is 2.84. The van der Waals surface area contributed by atoms with Gasteiger partial charge in [-0.05, 0) is 62.9 Å². The van der Waals surface area contributed by atoms with Gasteiger partial charge in [0.25, 0.3) is 5.91 Å². The largest absolute Gasteiger partial charge is 0.493 e. The van der Waals surface area contributed by atoms with E-state index in [1.54, 1.807) is 13.8 Å². The zero-order valence-electron chi connectivity index (χ0n) is 19.5. The van der Waals surface area contributed by atoms with Gasteiger partial charge in [-0.25, -0.2) is 8.42 Å². The average Bonchev–Trinajstić information content (AvgIpc) is 2.76. The van der Waals surface area contributed by atoms with Gasteiger partial charge >= 0.3 is 5.97 Å². The van der Waals surface area contributed by atoms with E-state index in [1.807, 2.05) is 44.2 Å². The number of hydrogen-bond acceptors (Lipinski definition) is 6. The third-order valence-corrected chi connectivity index (χ3v) is 7.70. The number of hydrogen-bond donors (Lipinski definition) is 2. The maximum atomic E-state index is 13.0. The topological polar surface area (TPSA) is 111 Å². The minimum absolute atomic E-state index is 0.163. The third kappa shape index (κ3) is 5.54.